The van der Waals surface area contributed by atoms with E-state index in [1.807, 2.05) is 24.3 Å². The van der Waals surface area contributed by atoms with E-state index in [1.54, 1.807) is 6.07 Å². The molecule has 0 aromatic heterocycles. The van der Waals surface area contributed by atoms with Gasteiger partial charge in [-0.2, -0.15) is 0 Å². The van der Waals surface area contributed by atoms with Crippen molar-refractivity contribution < 1.29 is 9.59 Å². The number of carbonyl (C=O) groups is 2. The molecule has 2 aromatic carbocycles. The Morgan fingerprint density at radius 1 is 0.955 bits per heavy atom. The summed E-state index contributed by atoms with van der Waals surface area (Å²) >= 11 is 0. The minimum absolute atomic E-state index is 0.222. The summed E-state index contributed by atoms with van der Waals surface area (Å²) in [5.41, 5.74) is 2.34. The number of rotatable bonds is 1. The highest BCUT2D eigenvalue weighted by Crippen LogP contribution is 2.35. The smallest absolute Gasteiger partial charge is 0.261 e. The number of hydrogen-bond donors (Lipinski definition) is 1. The molecule has 0 atom stereocenters. The molecule has 1 N–H and O–H groups in total. The molecule has 22 heavy (non-hydrogen) atoms. The van der Waals surface area contributed by atoms with Gasteiger partial charge in [0.05, 0.1) is 0 Å². The van der Waals surface area contributed by atoms with Gasteiger partial charge in [0.15, 0.2) is 0 Å². The van der Waals surface area contributed by atoms with Crippen molar-refractivity contribution >= 4 is 28.3 Å². The van der Waals surface area contributed by atoms with Crippen LogP contribution < -0.4 is 10.2 Å². The first-order valence-corrected chi connectivity index (χ1v) is 7.52. The number of anilines is 1. The minimum atomic E-state index is -0.222. The van der Waals surface area contributed by atoms with Crippen molar-refractivity contribution in [2.75, 3.05) is 38.1 Å². The van der Waals surface area contributed by atoms with Crippen LogP contribution in [0.15, 0.2) is 30.3 Å². The van der Waals surface area contributed by atoms with Crippen LogP contribution in [-0.2, 0) is 0 Å². The van der Waals surface area contributed by atoms with Crippen LogP contribution in [0.25, 0.3) is 10.8 Å². The first-order valence-electron chi connectivity index (χ1n) is 7.52. The first kappa shape index (κ1) is 13.3. The molecule has 0 bridgehead atoms. The molecule has 0 spiro atoms. The third-order valence-electron chi connectivity index (χ3n) is 4.55. The third kappa shape index (κ3) is 1.75. The molecule has 2 heterocycles. The average molecular weight is 295 g/mol. The van der Waals surface area contributed by atoms with Crippen molar-refractivity contribution in [3.8, 4) is 0 Å². The highest BCUT2D eigenvalue weighted by atomic mass is 16.2. The zero-order valence-electron chi connectivity index (χ0n) is 12.4. The predicted octanol–water partition coefficient (Wildman–Crippen LogP) is 1.48. The summed E-state index contributed by atoms with van der Waals surface area (Å²) in [6, 6.07) is 9.57. The highest BCUT2D eigenvalue weighted by molar-refractivity contribution is 6.26. The van der Waals surface area contributed by atoms with Crippen LogP contribution >= 0.6 is 0 Å². The van der Waals surface area contributed by atoms with Crippen LogP contribution in [0.1, 0.15) is 20.7 Å². The molecule has 1 fully saturated rings. The van der Waals surface area contributed by atoms with E-state index in [4.69, 9.17) is 0 Å². The number of amides is 2. The lowest BCUT2D eigenvalue weighted by atomic mass is 9.93. The molecule has 5 heteroatoms. The number of imide groups is 1. The lowest BCUT2D eigenvalue weighted by molar-refractivity contribution is 0.0651. The maximum absolute atomic E-state index is 12.4. The Balaban J connectivity index is 1.98. The Morgan fingerprint density at radius 3 is 2.36 bits per heavy atom. The molecular formula is C17H17N3O2. The summed E-state index contributed by atoms with van der Waals surface area (Å²) in [6.07, 6.45) is 0. The van der Waals surface area contributed by atoms with Gasteiger partial charge in [0.1, 0.15) is 0 Å². The molecule has 0 unspecified atom stereocenters. The second kappa shape index (κ2) is 4.81. The topological polar surface area (TPSA) is 52.7 Å². The van der Waals surface area contributed by atoms with Crippen LogP contribution in [0.5, 0.6) is 0 Å². The van der Waals surface area contributed by atoms with E-state index < -0.39 is 0 Å². The Labute approximate surface area is 128 Å². The van der Waals surface area contributed by atoms with Crippen LogP contribution in [0, 0.1) is 0 Å². The summed E-state index contributed by atoms with van der Waals surface area (Å²) in [4.78, 5) is 28.3. The van der Waals surface area contributed by atoms with Crippen molar-refractivity contribution in [3.05, 3.63) is 41.5 Å². The van der Waals surface area contributed by atoms with Gasteiger partial charge in [-0.05, 0) is 18.2 Å². The fourth-order valence-electron chi connectivity index (χ4n) is 3.38. The van der Waals surface area contributed by atoms with Crippen molar-refractivity contribution in [1.82, 2.24) is 10.2 Å². The van der Waals surface area contributed by atoms with Crippen molar-refractivity contribution in [3.63, 3.8) is 0 Å². The van der Waals surface area contributed by atoms with Crippen molar-refractivity contribution in [2.24, 2.45) is 0 Å². The molecule has 2 aliphatic heterocycles. The lowest BCUT2D eigenvalue weighted by Crippen LogP contribution is -2.43. The van der Waals surface area contributed by atoms with Crippen LogP contribution in [0.3, 0.4) is 0 Å². The summed E-state index contributed by atoms with van der Waals surface area (Å²) in [5.74, 6) is -0.443. The Morgan fingerprint density at radius 2 is 1.64 bits per heavy atom. The van der Waals surface area contributed by atoms with Crippen molar-refractivity contribution in [1.29, 1.82) is 0 Å². The molecular weight excluding hydrogens is 278 g/mol. The van der Waals surface area contributed by atoms with Gasteiger partial charge < -0.3 is 10.2 Å². The molecule has 4 rings (SSSR count). The van der Waals surface area contributed by atoms with Crippen LogP contribution in [0.4, 0.5) is 5.69 Å². The number of nitrogens with zero attached hydrogens (tertiary/aromatic N) is 2. The number of carbonyl (C=O) groups excluding carboxylic acids is 2. The molecule has 0 radical (unpaired) electrons. The van der Waals surface area contributed by atoms with E-state index >= 15 is 0 Å². The fourth-order valence-corrected chi connectivity index (χ4v) is 3.38. The third-order valence-corrected chi connectivity index (χ3v) is 4.55. The van der Waals surface area contributed by atoms with E-state index in [-0.39, 0.29) is 11.8 Å². The van der Waals surface area contributed by atoms with Gasteiger partial charge in [-0.3, -0.25) is 14.5 Å². The standard InChI is InChI=1S/C17H17N3O2/c1-19-16(21)12-4-2-3-11-14(20-9-7-18-8-10-20)6-5-13(15(11)12)17(19)22/h2-6,18H,7-10H2,1H3. The van der Waals surface area contributed by atoms with E-state index in [2.05, 4.69) is 10.2 Å². The summed E-state index contributed by atoms with van der Waals surface area (Å²) in [7, 11) is 1.54. The quantitative estimate of drug-likeness (QED) is 0.810. The Bertz CT molecular complexity index is 772. The zero-order chi connectivity index (χ0) is 15.3. The monoisotopic (exact) mass is 295 g/mol. The SMILES string of the molecule is CN1C(=O)c2cccc3c(N4CCNCC4)ccc(c23)C1=O. The van der Waals surface area contributed by atoms with Gasteiger partial charge in [0.25, 0.3) is 11.8 Å². The summed E-state index contributed by atoms with van der Waals surface area (Å²) < 4.78 is 0. The average Bonchev–Trinajstić information content (AvgIpc) is 2.58. The van der Waals surface area contributed by atoms with Gasteiger partial charge >= 0.3 is 0 Å². The normalized spacial score (nSPS) is 18.2. The van der Waals surface area contributed by atoms with Gasteiger partial charge in [0, 0.05) is 60.8 Å². The maximum Gasteiger partial charge on any atom is 0.261 e. The molecule has 2 aromatic rings. The summed E-state index contributed by atoms with van der Waals surface area (Å²) in [6.45, 7) is 3.76. The molecule has 1 saturated heterocycles. The number of hydrogen-bond acceptors (Lipinski definition) is 4. The molecule has 2 amide bonds. The molecule has 2 aliphatic rings. The highest BCUT2D eigenvalue weighted by Gasteiger charge is 2.31. The van der Waals surface area contributed by atoms with Crippen LogP contribution in [0.2, 0.25) is 0 Å². The Kier molecular flexibility index (Phi) is 2.90. The maximum atomic E-state index is 12.4. The second-order valence-corrected chi connectivity index (χ2v) is 5.77. The molecule has 0 saturated carbocycles. The molecule has 0 aliphatic carbocycles. The minimum Gasteiger partial charge on any atom is -0.368 e. The van der Waals surface area contributed by atoms with E-state index in [9.17, 15) is 9.59 Å². The van der Waals surface area contributed by atoms with Crippen molar-refractivity contribution in [2.45, 2.75) is 0 Å². The van der Waals surface area contributed by atoms with E-state index in [0.717, 1.165) is 42.6 Å². The number of nitrogens with one attached hydrogen (secondary N) is 1. The molecule has 112 valence electrons. The summed E-state index contributed by atoms with van der Waals surface area (Å²) in [5, 5.41) is 5.13. The van der Waals surface area contributed by atoms with Gasteiger partial charge in [-0.15, -0.1) is 0 Å². The van der Waals surface area contributed by atoms with Gasteiger partial charge in [-0.25, -0.2) is 0 Å². The first-order chi connectivity index (χ1) is 10.7. The van der Waals surface area contributed by atoms with E-state index in [0.29, 0.717) is 11.1 Å². The van der Waals surface area contributed by atoms with Gasteiger partial charge in [0.2, 0.25) is 0 Å². The number of benzene rings is 2. The van der Waals surface area contributed by atoms with Crippen LogP contribution in [-0.4, -0.2) is 49.9 Å². The largest absolute Gasteiger partial charge is 0.368 e. The molecule has 5 nitrogen and oxygen atoms in total. The fraction of sp³-hybridized carbons (Fsp3) is 0.294. The lowest BCUT2D eigenvalue weighted by Gasteiger charge is -2.32. The number of piperazine rings is 1. The second-order valence-electron chi connectivity index (χ2n) is 5.77. The van der Waals surface area contributed by atoms with Gasteiger partial charge in [-0.1, -0.05) is 12.1 Å². The predicted molar refractivity (Wildman–Crippen MR) is 85.5 cm³/mol. The Hall–Kier alpha value is -2.40. The zero-order valence-corrected chi connectivity index (χ0v) is 12.4. The van der Waals surface area contributed by atoms with E-state index in [1.165, 1.54) is 11.9 Å².